The summed E-state index contributed by atoms with van der Waals surface area (Å²) in [6.07, 6.45) is 0. The van der Waals surface area contributed by atoms with Crippen molar-refractivity contribution >= 4 is 54.4 Å². The summed E-state index contributed by atoms with van der Waals surface area (Å²) < 4.78 is 5.87. The Hall–Kier alpha value is -1.10. The summed E-state index contributed by atoms with van der Waals surface area (Å²) in [5, 5.41) is 1.01. The smallest absolute Gasteiger partial charge is 0.193 e. The van der Waals surface area contributed by atoms with Crippen molar-refractivity contribution in [2.45, 2.75) is 9.65 Å². The molecule has 0 spiro atoms. The van der Waals surface area contributed by atoms with Crippen LogP contribution in [-0.2, 0) is 0 Å². The van der Waals surface area contributed by atoms with Gasteiger partial charge in [0.05, 0.1) is 15.0 Å². The second-order valence-corrected chi connectivity index (χ2v) is 7.28. The van der Waals surface area contributed by atoms with E-state index < -0.39 is 0 Å². The normalized spacial score (nSPS) is 14.0. The van der Waals surface area contributed by atoms with E-state index in [1.165, 1.54) is 6.07 Å². The molecule has 0 saturated carbocycles. The van der Waals surface area contributed by atoms with E-state index in [-0.39, 0.29) is 15.1 Å². The van der Waals surface area contributed by atoms with Gasteiger partial charge in [0.2, 0.25) is 0 Å². The second-order valence-electron chi connectivity index (χ2n) is 4.87. The molecular weight excluding hydrogens is 431 g/mol. The molecule has 0 aliphatic carbocycles. The molecule has 2 nitrogen and oxygen atoms in total. The summed E-state index contributed by atoms with van der Waals surface area (Å²) in [6.45, 7) is 0. The lowest BCUT2D eigenvalue weighted by atomic mass is 10.1. The van der Waals surface area contributed by atoms with E-state index in [0.29, 0.717) is 21.8 Å². The van der Waals surface area contributed by atoms with Gasteiger partial charge < -0.3 is 4.42 Å². The van der Waals surface area contributed by atoms with Gasteiger partial charge in [0, 0.05) is 11.1 Å². The summed E-state index contributed by atoms with van der Waals surface area (Å²) in [5.41, 5.74) is 1.53. The molecule has 2 aromatic carbocycles. The quantitative estimate of drug-likeness (QED) is 0.465. The third-order valence-electron chi connectivity index (χ3n) is 3.35. The zero-order chi connectivity index (χ0) is 15.7. The maximum Gasteiger partial charge on any atom is 0.193 e. The third kappa shape index (κ3) is 3.14. The van der Waals surface area contributed by atoms with Gasteiger partial charge in [0.1, 0.15) is 11.3 Å². The highest BCUT2D eigenvalue weighted by molar-refractivity contribution is 9.12. The molecule has 0 fully saturated rings. The zero-order valence-electron chi connectivity index (χ0n) is 11.3. The van der Waals surface area contributed by atoms with Gasteiger partial charge in [0.15, 0.2) is 5.43 Å². The number of hydrogen-bond acceptors (Lipinski definition) is 2. The molecule has 0 radical (unpaired) electrons. The van der Waals surface area contributed by atoms with Crippen molar-refractivity contribution in [1.29, 1.82) is 0 Å². The molecular formula is C17H11Br2ClO2. The van der Waals surface area contributed by atoms with Gasteiger partial charge in [0.25, 0.3) is 0 Å². The summed E-state index contributed by atoms with van der Waals surface area (Å²) >= 11 is 13.2. The third-order valence-corrected chi connectivity index (χ3v) is 6.34. The maximum atomic E-state index is 12.3. The Bertz CT molecular complexity index is 861. The van der Waals surface area contributed by atoms with Crippen LogP contribution in [0.2, 0.25) is 5.02 Å². The number of benzene rings is 2. The molecule has 22 heavy (non-hydrogen) atoms. The fourth-order valence-electron chi connectivity index (χ4n) is 2.23. The summed E-state index contributed by atoms with van der Waals surface area (Å²) in [6, 6.07) is 16.5. The van der Waals surface area contributed by atoms with Gasteiger partial charge in [-0.25, -0.2) is 0 Å². The predicted molar refractivity (Wildman–Crippen MR) is 97.3 cm³/mol. The highest BCUT2D eigenvalue weighted by Gasteiger charge is 2.23. The van der Waals surface area contributed by atoms with Crippen molar-refractivity contribution in [2.75, 3.05) is 0 Å². The molecule has 1 aromatic heterocycles. The lowest BCUT2D eigenvalue weighted by Crippen LogP contribution is -2.06. The van der Waals surface area contributed by atoms with E-state index in [4.69, 9.17) is 16.0 Å². The van der Waals surface area contributed by atoms with E-state index in [1.54, 1.807) is 18.2 Å². The SMILES string of the molecule is O=c1cc(C(Br)C(Br)c2ccccc2)oc2ccc(Cl)cc12. The summed E-state index contributed by atoms with van der Waals surface area (Å²) in [4.78, 5) is 12.1. The monoisotopic (exact) mass is 440 g/mol. The van der Waals surface area contributed by atoms with Crippen molar-refractivity contribution < 1.29 is 4.42 Å². The number of fused-ring (bicyclic) bond motifs is 1. The number of alkyl halides is 2. The zero-order valence-corrected chi connectivity index (χ0v) is 15.2. The van der Waals surface area contributed by atoms with Crippen molar-refractivity contribution in [2.24, 2.45) is 0 Å². The van der Waals surface area contributed by atoms with E-state index >= 15 is 0 Å². The highest BCUT2D eigenvalue weighted by Crippen LogP contribution is 2.42. The minimum Gasteiger partial charge on any atom is -0.460 e. The first kappa shape index (κ1) is 15.8. The fraction of sp³-hybridized carbons (Fsp3) is 0.118. The van der Waals surface area contributed by atoms with Crippen LogP contribution < -0.4 is 5.43 Å². The molecule has 3 aromatic rings. The van der Waals surface area contributed by atoms with Gasteiger partial charge in [-0.1, -0.05) is 73.8 Å². The Labute approximate surface area is 149 Å². The van der Waals surface area contributed by atoms with Crippen LogP contribution in [0.1, 0.15) is 21.0 Å². The van der Waals surface area contributed by atoms with Crippen LogP contribution in [0.15, 0.2) is 63.8 Å². The molecule has 0 saturated heterocycles. The van der Waals surface area contributed by atoms with Crippen molar-refractivity contribution in [3.8, 4) is 0 Å². The molecule has 3 rings (SSSR count). The molecule has 0 aliphatic heterocycles. The van der Waals surface area contributed by atoms with E-state index in [2.05, 4.69) is 31.9 Å². The van der Waals surface area contributed by atoms with Crippen LogP contribution in [-0.4, -0.2) is 0 Å². The van der Waals surface area contributed by atoms with Gasteiger partial charge >= 0.3 is 0 Å². The minimum absolute atomic E-state index is 0.0124. The molecule has 2 unspecified atom stereocenters. The molecule has 0 amide bonds. The largest absolute Gasteiger partial charge is 0.460 e. The van der Waals surface area contributed by atoms with E-state index in [0.717, 1.165) is 5.56 Å². The molecule has 5 heteroatoms. The van der Waals surface area contributed by atoms with Crippen LogP contribution in [0.5, 0.6) is 0 Å². The van der Waals surface area contributed by atoms with Crippen LogP contribution in [0.3, 0.4) is 0 Å². The standard InChI is InChI=1S/C17H11Br2ClO2/c18-16(10-4-2-1-3-5-10)17(19)15-9-13(21)12-8-11(20)6-7-14(12)22-15/h1-9,16-17H. The maximum absolute atomic E-state index is 12.3. The highest BCUT2D eigenvalue weighted by atomic mass is 79.9. The first-order valence-electron chi connectivity index (χ1n) is 6.62. The van der Waals surface area contributed by atoms with Crippen molar-refractivity contribution in [3.05, 3.63) is 81.2 Å². The Kier molecular flexibility index (Phi) is 4.71. The first-order valence-corrected chi connectivity index (χ1v) is 8.83. The first-order chi connectivity index (χ1) is 10.6. The van der Waals surface area contributed by atoms with Gasteiger partial charge in [-0.05, 0) is 23.8 Å². The van der Waals surface area contributed by atoms with Crippen molar-refractivity contribution in [3.63, 3.8) is 0 Å². The van der Waals surface area contributed by atoms with Crippen LogP contribution in [0.4, 0.5) is 0 Å². The Balaban J connectivity index is 2.03. The van der Waals surface area contributed by atoms with E-state index in [9.17, 15) is 4.79 Å². The number of hydrogen-bond donors (Lipinski definition) is 0. The summed E-state index contributed by atoms with van der Waals surface area (Å²) in [5.74, 6) is 0.575. The number of rotatable bonds is 3. The average Bonchev–Trinajstić information content (AvgIpc) is 2.55. The van der Waals surface area contributed by atoms with E-state index in [1.807, 2.05) is 30.3 Å². The number of halogens is 3. The Morgan fingerprint density at radius 3 is 2.41 bits per heavy atom. The van der Waals surface area contributed by atoms with Crippen LogP contribution >= 0.6 is 43.5 Å². The molecule has 0 N–H and O–H groups in total. The van der Waals surface area contributed by atoms with Gasteiger partial charge in [-0.2, -0.15) is 0 Å². The molecule has 1 heterocycles. The van der Waals surface area contributed by atoms with Gasteiger partial charge in [-0.15, -0.1) is 0 Å². The molecule has 0 aliphatic rings. The van der Waals surface area contributed by atoms with Crippen LogP contribution in [0.25, 0.3) is 11.0 Å². The molecule has 2 atom stereocenters. The van der Waals surface area contributed by atoms with Crippen LogP contribution in [0, 0.1) is 0 Å². The predicted octanol–water partition coefficient (Wildman–Crippen LogP) is 6.02. The summed E-state index contributed by atoms with van der Waals surface area (Å²) in [7, 11) is 0. The Morgan fingerprint density at radius 2 is 1.68 bits per heavy atom. The van der Waals surface area contributed by atoms with Gasteiger partial charge in [-0.3, -0.25) is 4.79 Å². The minimum atomic E-state index is -0.164. The van der Waals surface area contributed by atoms with Crippen molar-refractivity contribution in [1.82, 2.24) is 0 Å². The Morgan fingerprint density at radius 1 is 0.955 bits per heavy atom. The topological polar surface area (TPSA) is 30.2 Å². The molecule has 0 bridgehead atoms. The molecule has 112 valence electrons. The second kappa shape index (κ2) is 6.57. The lowest BCUT2D eigenvalue weighted by Gasteiger charge is -2.16. The lowest BCUT2D eigenvalue weighted by molar-refractivity contribution is 0.531. The fourth-order valence-corrected chi connectivity index (χ4v) is 3.50. The average molecular weight is 443 g/mol.